The molecule has 4 amide bonds. The molecule has 1 fully saturated rings. The molecule has 0 aliphatic carbocycles. The van der Waals surface area contributed by atoms with Gasteiger partial charge in [0.1, 0.15) is 17.7 Å². The van der Waals surface area contributed by atoms with E-state index in [0.717, 1.165) is 24.8 Å². The predicted octanol–water partition coefficient (Wildman–Crippen LogP) is 7.59. The summed E-state index contributed by atoms with van der Waals surface area (Å²) < 4.78 is 18.6. The van der Waals surface area contributed by atoms with Crippen LogP contribution in [0.3, 0.4) is 0 Å². The van der Waals surface area contributed by atoms with E-state index in [1.54, 1.807) is 0 Å². The zero-order chi connectivity index (χ0) is 41.0. The van der Waals surface area contributed by atoms with Crippen molar-refractivity contribution in [2.75, 3.05) is 13.2 Å². The average molecular weight is 775 g/mol. The highest BCUT2D eigenvalue weighted by Gasteiger charge is 2.43. The van der Waals surface area contributed by atoms with Crippen LogP contribution in [-0.2, 0) is 34.9 Å². The fraction of sp³-hybridized carbons (Fsp3) is 0.762. The standard InChI is InChI=1S/C42H74N4O7Si/c1-15-30(6)37(45-40(50)52-41(7,8)9)34(53-54(13,14)42(10,11)12)25-35(47)44-36(29(4)5)38(48)43-33(24-28(2)3)39(49)46-23-19-22-32(46)27-51-26-31-20-17-16-18-21-31/h16-18,20-21,28-30,32-34,36-37H,15,19,22-27H2,1-14H3,(H,43,48)(H,44,47)(H,45,50)/t30-,32-,33-,34-,36-,37+/m0/s1. The van der Waals surface area contributed by atoms with Crippen LogP contribution in [0.25, 0.3) is 0 Å². The summed E-state index contributed by atoms with van der Waals surface area (Å²) >= 11 is 0. The minimum absolute atomic E-state index is 0.0368. The number of benzene rings is 1. The summed E-state index contributed by atoms with van der Waals surface area (Å²) in [6.45, 7) is 29.4. The van der Waals surface area contributed by atoms with E-state index in [9.17, 15) is 19.2 Å². The van der Waals surface area contributed by atoms with Crippen molar-refractivity contribution >= 4 is 32.1 Å². The monoisotopic (exact) mass is 775 g/mol. The summed E-state index contributed by atoms with van der Waals surface area (Å²) in [6, 6.07) is 7.73. The zero-order valence-electron chi connectivity index (χ0n) is 36.0. The molecule has 3 N–H and O–H groups in total. The van der Waals surface area contributed by atoms with E-state index in [4.69, 9.17) is 13.9 Å². The molecular weight excluding hydrogens is 701 g/mol. The van der Waals surface area contributed by atoms with Crippen molar-refractivity contribution in [3.8, 4) is 0 Å². The summed E-state index contributed by atoms with van der Waals surface area (Å²) in [6.07, 6.45) is 1.60. The van der Waals surface area contributed by atoms with Gasteiger partial charge in [-0.25, -0.2) is 4.79 Å². The van der Waals surface area contributed by atoms with Crippen LogP contribution in [0.5, 0.6) is 0 Å². The lowest BCUT2D eigenvalue weighted by Crippen LogP contribution is -2.58. The Labute approximate surface area is 327 Å². The molecule has 0 radical (unpaired) electrons. The van der Waals surface area contributed by atoms with Gasteiger partial charge in [-0.1, -0.05) is 99.1 Å². The first-order valence-corrected chi connectivity index (χ1v) is 23.1. The highest BCUT2D eigenvalue weighted by molar-refractivity contribution is 6.74. The molecule has 0 spiro atoms. The number of amides is 4. The number of nitrogens with zero attached hydrogens (tertiary/aromatic N) is 1. The number of ether oxygens (including phenoxy) is 2. The van der Waals surface area contributed by atoms with Gasteiger partial charge in [0.05, 0.1) is 37.8 Å². The predicted molar refractivity (Wildman–Crippen MR) is 218 cm³/mol. The Kier molecular flexibility index (Phi) is 18.2. The quantitative estimate of drug-likeness (QED) is 0.123. The van der Waals surface area contributed by atoms with Gasteiger partial charge in [0, 0.05) is 6.54 Å². The molecule has 1 heterocycles. The zero-order valence-corrected chi connectivity index (χ0v) is 37.0. The third-order valence-electron chi connectivity index (χ3n) is 10.6. The number of nitrogens with one attached hydrogen (secondary N) is 3. The third-order valence-corrected chi connectivity index (χ3v) is 15.2. The molecule has 2 rings (SSSR count). The van der Waals surface area contributed by atoms with Crippen LogP contribution in [0.1, 0.15) is 121 Å². The van der Waals surface area contributed by atoms with Crippen molar-refractivity contribution in [2.24, 2.45) is 17.8 Å². The molecule has 0 saturated carbocycles. The van der Waals surface area contributed by atoms with Crippen LogP contribution in [0.2, 0.25) is 18.1 Å². The second kappa shape index (κ2) is 20.8. The largest absolute Gasteiger partial charge is 0.444 e. The molecule has 1 aliphatic heterocycles. The summed E-state index contributed by atoms with van der Waals surface area (Å²) in [4.78, 5) is 57.1. The van der Waals surface area contributed by atoms with Crippen LogP contribution in [0, 0.1) is 17.8 Å². The fourth-order valence-corrected chi connectivity index (χ4v) is 7.73. The fourth-order valence-electron chi connectivity index (χ4n) is 6.39. The van der Waals surface area contributed by atoms with Gasteiger partial charge in [0.25, 0.3) is 0 Å². The van der Waals surface area contributed by atoms with Gasteiger partial charge in [-0.05, 0) is 81.5 Å². The van der Waals surface area contributed by atoms with Gasteiger partial charge in [-0.3, -0.25) is 14.4 Å². The maximum absolute atomic E-state index is 14.1. The van der Waals surface area contributed by atoms with Crippen LogP contribution in [0.4, 0.5) is 4.79 Å². The van der Waals surface area contributed by atoms with Gasteiger partial charge in [-0.15, -0.1) is 0 Å². The summed E-state index contributed by atoms with van der Waals surface area (Å²) in [7, 11) is -2.44. The van der Waals surface area contributed by atoms with Crippen LogP contribution in [-0.4, -0.2) is 86.1 Å². The molecule has 1 aromatic rings. The smallest absolute Gasteiger partial charge is 0.407 e. The molecular formula is C42H74N4O7Si. The van der Waals surface area contributed by atoms with Gasteiger partial charge in [-0.2, -0.15) is 0 Å². The van der Waals surface area contributed by atoms with Crippen molar-refractivity contribution in [3.05, 3.63) is 35.9 Å². The minimum Gasteiger partial charge on any atom is -0.444 e. The molecule has 6 atom stereocenters. The lowest BCUT2D eigenvalue weighted by Gasteiger charge is -2.42. The highest BCUT2D eigenvalue weighted by Crippen LogP contribution is 2.38. The van der Waals surface area contributed by atoms with Crippen molar-refractivity contribution in [3.63, 3.8) is 0 Å². The van der Waals surface area contributed by atoms with Gasteiger partial charge in [0.2, 0.25) is 17.7 Å². The van der Waals surface area contributed by atoms with Gasteiger partial charge in [0.15, 0.2) is 8.32 Å². The third kappa shape index (κ3) is 15.3. The lowest BCUT2D eigenvalue weighted by atomic mass is 9.92. The van der Waals surface area contributed by atoms with Crippen molar-refractivity contribution in [1.82, 2.24) is 20.9 Å². The van der Waals surface area contributed by atoms with E-state index < -0.39 is 50.1 Å². The van der Waals surface area contributed by atoms with Crippen LogP contribution in [0.15, 0.2) is 30.3 Å². The molecule has 1 aromatic carbocycles. The second-order valence-electron chi connectivity index (χ2n) is 18.5. The molecule has 0 aromatic heterocycles. The summed E-state index contributed by atoms with van der Waals surface area (Å²) in [5, 5.41) is 8.91. The minimum atomic E-state index is -2.44. The van der Waals surface area contributed by atoms with Crippen LogP contribution >= 0.6 is 0 Å². The van der Waals surface area contributed by atoms with E-state index in [1.807, 2.05) is 97.5 Å². The van der Waals surface area contributed by atoms with Crippen molar-refractivity contribution in [2.45, 2.75) is 176 Å². The Bertz CT molecular complexity index is 1340. The number of carbonyl (C=O) groups excluding carboxylic acids is 4. The lowest BCUT2D eigenvalue weighted by molar-refractivity contribution is -0.139. The molecule has 0 unspecified atom stereocenters. The molecule has 11 nitrogen and oxygen atoms in total. The Hall–Kier alpha value is -2.96. The van der Waals surface area contributed by atoms with E-state index >= 15 is 0 Å². The first-order chi connectivity index (χ1) is 25.0. The van der Waals surface area contributed by atoms with E-state index in [1.165, 1.54) is 0 Å². The maximum atomic E-state index is 14.1. The molecule has 308 valence electrons. The molecule has 12 heteroatoms. The van der Waals surface area contributed by atoms with E-state index in [-0.39, 0.29) is 47.1 Å². The molecule has 1 aliphatic rings. The second-order valence-corrected chi connectivity index (χ2v) is 23.2. The normalized spacial score (nSPS) is 18.1. The summed E-state index contributed by atoms with van der Waals surface area (Å²) in [5.41, 5.74) is 0.378. The Morgan fingerprint density at radius 2 is 1.56 bits per heavy atom. The first kappa shape index (κ1) is 47.2. The Morgan fingerprint density at radius 1 is 0.926 bits per heavy atom. The van der Waals surface area contributed by atoms with Gasteiger partial charge >= 0.3 is 6.09 Å². The topological polar surface area (TPSA) is 135 Å². The number of hydrogen-bond acceptors (Lipinski definition) is 7. The van der Waals surface area contributed by atoms with E-state index in [2.05, 4.69) is 49.8 Å². The maximum Gasteiger partial charge on any atom is 0.407 e. The van der Waals surface area contributed by atoms with E-state index in [0.29, 0.717) is 26.2 Å². The van der Waals surface area contributed by atoms with Crippen molar-refractivity contribution in [1.29, 1.82) is 0 Å². The number of carbonyl (C=O) groups is 4. The number of alkyl carbamates (subject to hydrolysis) is 1. The first-order valence-electron chi connectivity index (χ1n) is 20.1. The molecule has 54 heavy (non-hydrogen) atoms. The Balaban J connectivity index is 2.28. The highest BCUT2D eigenvalue weighted by atomic mass is 28.4. The van der Waals surface area contributed by atoms with Gasteiger partial charge < -0.3 is 34.8 Å². The number of rotatable bonds is 19. The van der Waals surface area contributed by atoms with Crippen molar-refractivity contribution < 1.29 is 33.1 Å². The number of hydrogen-bond donors (Lipinski definition) is 3. The average Bonchev–Trinajstić information content (AvgIpc) is 3.52. The summed E-state index contributed by atoms with van der Waals surface area (Å²) in [5.74, 6) is -1.05. The Morgan fingerprint density at radius 3 is 2.09 bits per heavy atom. The van der Waals surface area contributed by atoms with Crippen LogP contribution < -0.4 is 16.0 Å². The SMILES string of the molecule is CC[C@H](C)[C@@H](NC(=O)OC(C)(C)C)[C@H](CC(=O)N[C@H](C(=O)N[C@@H](CC(C)C)C(=O)N1CCC[C@H]1COCc1ccccc1)C(C)C)O[Si](C)(C)C(C)(C)C. The molecule has 1 saturated heterocycles. The molecule has 0 bridgehead atoms. The number of likely N-dealkylation sites (tertiary alicyclic amines) is 1.